The van der Waals surface area contributed by atoms with E-state index in [-0.39, 0.29) is 11.8 Å². The maximum atomic E-state index is 12.0. The van der Waals surface area contributed by atoms with Gasteiger partial charge in [0.15, 0.2) is 0 Å². The fraction of sp³-hybridized carbons (Fsp3) is 0.500. The summed E-state index contributed by atoms with van der Waals surface area (Å²) in [6.45, 7) is 2.00. The minimum atomic E-state index is 0.121. The first-order valence-corrected chi connectivity index (χ1v) is 6.55. The predicted molar refractivity (Wildman–Crippen MR) is 70.8 cm³/mol. The number of aromatic nitrogens is 1. The molecule has 0 bridgehead atoms. The summed E-state index contributed by atoms with van der Waals surface area (Å²) in [6.07, 6.45) is 3.55. The first-order chi connectivity index (χ1) is 8.15. The Hall–Kier alpha value is -0.940. The van der Waals surface area contributed by atoms with E-state index in [4.69, 9.17) is 0 Å². The van der Waals surface area contributed by atoms with Crippen LogP contribution in [0.4, 0.5) is 5.69 Å². The second-order valence-electron chi connectivity index (χ2n) is 4.43. The molecule has 0 atom stereocenters. The van der Waals surface area contributed by atoms with Crippen LogP contribution in [0.3, 0.4) is 0 Å². The lowest BCUT2D eigenvalue weighted by atomic mass is 9.96. The molecule has 17 heavy (non-hydrogen) atoms. The van der Waals surface area contributed by atoms with Gasteiger partial charge in [0.1, 0.15) is 4.60 Å². The van der Waals surface area contributed by atoms with Gasteiger partial charge in [-0.25, -0.2) is 4.98 Å². The van der Waals surface area contributed by atoms with Gasteiger partial charge in [0.05, 0.1) is 0 Å². The summed E-state index contributed by atoms with van der Waals surface area (Å²) >= 11 is 3.29. The van der Waals surface area contributed by atoms with E-state index in [1.54, 1.807) is 12.3 Å². The Labute approximate surface area is 110 Å². The normalized spacial score (nSPS) is 18.0. The number of carbonyl (C=O) groups is 1. The second-order valence-corrected chi connectivity index (χ2v) is 5.25. The highest BCUT2D eigenvalue weighted by Crippen LogP contribution is 2.19. The molecule has 1 saturated heterocycles. The van der Waals surface area contributed by atoms with Gasteiger partial charge >= 0.3 is 0 Å². The number of piperidine rings is 1. The van der Waals surface area contributed by atoms with Crippen molar-refractivity contribution in [2.45, 2.75) is 12.8 Å². The molecule has 0 aliphatic carbocycles. The van der Waals surface area contributed by atoms with Crippen LogP contribution < -0.4 is 5.32 Å². The number of hydrogen-bond acceptors (Lipinski definition) is 3. The van der Waals surface area contributed by atoms with Crippen molar-refractivity contribution in [1.29, 1.82) is 0 Å². The van der Waals surface area contributed by atoms with Crippen molar-refractivity contribution in [2.75, 3.05) is 25.5 Å². The topological polar surface area (TPSA) is 45.2 Å². The van der Waals surface area contributed by atoms with Crippen molar-refractivity contribution in [3.8, 4) is 0 Å². The van der Waals surface area contributed by atoms with E-state index in [0.29, 0.717) is 0 Å². The number of nitrogens with one attached hydrogen (secondary N) is 1. The third kappa shape index (κ3) is 3.51. The third-order valence-corrected chi connectivity index (χ3v) is 3.52. The van der Waals surface area contributed by atoms with E-state index in [9.17, 15) is 4.79 Å². The number of anilines is 1. The number of hydrogen-bond donors (Lipinski definition) is 1. The largest absolute Gasteiger partial charge is 0.326 e. The van der Waals surface area contributed by atoms with E-state index in [1.165, 1.54) is 0 Å². The van der Waals surface area contributed by atoms with Gasteiger partial charge in [-0.3, -0.25) is 4.79 Å². The molecule has 1 amide bonds. The highest BCUT2D eigenvalue weighted by molar-refractivity contribution is 9.10. The summed E-state index contributed by atoms with van der Waals surface area (Å²) in [5.74, 6) is 0.259. The number of nitrogens with zero attached hydrogens (tertiary/aromatic N) is 2. The Balaban J connectivity index is 1.93. The number of pyridine rings is 1. The van der Waals surface area contributed by atoms with E-state index < -0.39 is 0 Å². The Morgan fingerprint density at radius 2 is 2.24 bits per heavy atom. The van der Waals surface area contributed by atoms with Gasteiger partial charge in [-0.1, -0.05) is 0 Å². The molecule has 1 fully saturated rings. The molecule has 1 aromatic heterocycles. The average molecular weight is 298 g/mol. The predicted octanol–water partition coefficient (Wildman–Crippen LogP) is 2.12. The Morgan fingerprint density at radius 3 is 2.88 bits per heavy atom. The summed E-state index contributed by atoms with van der Waals surface area (Å²) in [5, 5.41) is 2.94. The zero-order valence-corrected chi connectivity index (χ0v) is 11.4. The summed E-state index contributed by atoms with van der Waals surface area (Å²) < 4.78 is 0.735. The molecule has 1 N–H and O–H groups in total. The van der Waals surface area contributed by atoms with Gasteiger partial charge in [-0.15, -0.1) is 0 Å². The number of rotatable bonds is 2. The Kier molecular flexibility index (Phi) is 4.12. The van der Waals surface area contributed by atoms with Gasteiger partial charge in [-0.2, -0.15) is 0 Å². The average Bonchev–Trinajstić information content (AvgIpc) is 2.29. The lowest BCUT2D eigenvalue weighted by molar-refractivity contribution is -0.121. The van der Waals surface area contributed by atoms with E-state index in [1.807, 2.05) is 6.07 Å². The summed E-state index contributed by atoms with van der Waals surface area (Å²) in [4.78, 5) is 18.3. The maximum absolute atomic E-state index is 12.0. The zero-order valence-electron chi connectivity index (χ0n) is 9.82. The van der Waals surface area contributed by atoms with Crippen molar-refractivity contribution in [3.05, 3.63) is 22.9 Å². The molecular weight excluding hydrogens is 282 g/mol. The van der Waals surface area contributed by atoms with Crippen LogP contribution in [0.2, 0.25) is 0 Å². The van der Waals surface area contributed by atoms with Crippen LogP contribution in [-0.2, 0) is 4.79 Å². The molecule has 0 radical (unpaired) electrons. The SMILES string of the molecule is CN1CCC(C(=O)Nc2ccnc(Br)c2)CC1. The molecule has 4 nitrogen and oxygen atoms in total. The number of likely N-dealkylation sites (tertiary alicyclic amines) is 1. The molecule has 0 spiro atoms. The van der Waals surface area contributed by atoms with Crippen molar-refractivity contribution in [1.82, 2.24) is 9.88 Å². The van der Waals surface area contributed by atoms with Gasteiger partial charge in [0.25, 0.3) is 0 Å². The van der Waals surface area contributed by atoms with Gasteiger partial charge in [0.2, 0.25) is 5.91 Å². The minimum absolute atomic E-state index is 0.121. The van der Waals surface area contributed by atoms with Crippen LogP contribution >= 0.6 is 15.9 Å². The molecule has 1 aliphatic rings. The first-order valence-electron chi connectivity index (χ1n) is 5.76. The molecule has 0 aromatic carbocycles. The summed E-state index contributed by atoms with van der Waals surface area (Å²) in [6, 6.07) is 3.62. The fourth-order valence-corrected chi connectivity index (χ4v) is 2.36. The van der Waals surface area contributed by atoms with E-state index in [2.05, 4.69) is 38.2 Å². The molecule has 1 aliphatic heterocycles. The molecule has 2 rings (SSSR count). The Bertz CT molecular complexity index is 402. The van der Waals surface area contributed by atoms with Gasteiger partial charge in [-0.05, 0) is 61.0 Å². The van der Waals surface area contributed by atoms with Crippen molar-refractivity contribution in [3.63, 3.8) is 0 Å². The monoisotopic (exact) mass is 297 g/mol. The highest BCUT2D eigenvalue weighted by Gasteiger charge is 2.23. The number of amides is 1. The molecule has 5 heteroatoms. The lowest BCUT2D eigenvalue weighted by Crippen LogP contribution is -2.35. The quantitative estimate of drug-likeness (QED) is 0.851. The van der Waals surface area contributed by atoms with Crippen LogP contribution in [0.5, 0.6) is 0 Å². The molecular formula is C12H16BrN3O. The molecule has 2 heterocycles. The zero-order chi connectivity index (χ0) is 12.3. The molecule has 1 aromatic rings. The summed E-state index contributed by atoms with van der Waals surface area (Å²) in [5.41, 5.74) is 0.802. The fourth-order valence-electron chi connectivity index (χ4n) is 2.00. The first kappa shape index (κ1) is 12.5. The van der Waals surface area contributed by atoms with Crippen LogP contribution in [0.15, 0.2) is 22.9 Å². The van der Waals surface area contributed by atoms with Gasteiger partial charge in [0, 0.05) is 17.8 Å². The number of carbonyl (C=O) groups excluding carboxylic acids is 1. The van der Waals surface area contributed by atoms with Crippen LogP contribution in [-0.4, -0.2) is 35.9 Å². The minimum Gasteiger partial charge on any atom is -0.326 e. The highest BCUT2D eigenvalue weighted by atomic mass is 79.9. The summed E-state index contributed by atoms with van der Waals surface area (Å²) in [7, 11) is 2.09. The standard InChI is InChI=1S/C12H16BrN3O/c1-16-6-3-9(4-7-16)12(17)15-10-2-5-14-11(13)8-10/h2,5,8-9H,3-4,6-7H2,1H3,(H,14,15,17). The smallest absolute Gasteiger partial charge is 0.227 e. The van der Waals surface area contributed by atoms with Crippen LogP contribution in [0.25, 0.3) is 0 Å². The van der Waals surface area contributed by atoms with E-state index in [0.717, 1.165) is 36.2 Å². The van der Waals surface area contributed by atoms with Crippen LogP contribution in [0, 0.1) is 5.92 Å². The van der Waals surface area contributed by atoms with Crippen molar-refractivity contribution < 1.29 is 4.79 Å². The van der Waals surface area contributed by atoms with Crippen molar-refractivity contribution in [2.24, 2.45) is 5.92 Å². The number of halogens is 1. The van der Waals surface area contributed by atoms with Gasteiger partial charge < -0.3 is 10.2 Å². The molecule has 0 saturated carbocycles. The van der Waals surface area contributed by atoms with Crippen molar-refractivity contribution >= 4 is 27.5 Å². The molecule has 0 unspecified atom stereocenters. The lowest BCUT2D eigenvalue weighted by Gasteiger charge is -2.28. The maximum Gasteiger partial charge on any atom is 0.227 e. The van der Waals surface area contributed by atoms with Crippen LogP contribution in [0.1, 0.15) is 12.8 Å². The van der Waals surface area contributed by atoms with E-state index >= 15 is 0 Å². The Morgan fingerprint density at radius 1 is 1.53 bits per heavy atom. The second kappa shape index (κ2) is 5.60. The third-order valence-electron chi connectivity index (χ3n) is 3.08. The molecule has 92 valence electrons.